The van der Waals surface area contributed by atoms with E-state index in [0.717, 1.165) is 100 Å². The number of thioether (sulfide) groups is 2. The van der Waals surface area contributed by atoms with E-state index in [9.17, 15) is 9.90 Å². The summed E-state index contributed by atoms with van der Waals surface area (Å²) in [6.07, 6.45) is 20.0. The largest absolute Gasteiger partial charge is 1.00 e. The molecule has 0 bridgehead atoms. The molecule has 0 atom stereocenters. The van der Waals surface area contributed by atoms with Gasteiger partial charge in [-0.05, 0) is 108 Å². The van der Waals surface area contributed by atoms with Gasteiger partial charge in [0.1, 0.15) is 5.78 Å². The second-order valence-corrected chi connectivity index (χ2v) is 26.4. The minimum absolute atomic E-state index is 0. The van der Waals surface area contributed by atoms with Gasteiger partial charge >= 0.3 is 56.6 Å². The number of hydrogen-bond donors (Lipinski definition) is 7. The van der Waals surface area contributed by atoms with Crippen molar-refractivity contribution in [3.05, 3.63) is 230 Å². The number of nitrogens with one attached hydrogen (secondary N) is 1. The fourth-order valence-corrected chi connectivity index (χ4v) is 14.4. The maximum atomic E-state index is 10.6. The van der Waals surface area contributed by atoms with Gasteiger partial charge in [-0.1, -0.05) is 237 Å². The van der Waals surface area contributed by atoms with Crippen molar-refractivity contribution in [2.24, 2.45) is 17.2 Å². The van der Waals surface area contributed by atoms with Crippen molar-refractivity contribution in [3.8, 4) is 0 Å². The predicted octanol–water partition coefficient (Wildman–Crippen LogP) is 11.8. The summed E-state index contributed by atoms with van der Waals surface area (Å²) in [4.78, 5) is 10.5. The number of unbranched alkanes of at least 4 members (excludes halogenated alkanes) is 1. The zero-order valence-corrected chi connectivity index (χ0v) is 63.3. The maximum absolute atomic E-state index is 10.6. The van der Waals surface area contributed by atoms with Gasteiger partial charge in [-0.15, -0.1) is 24.9 Å². The summed E-state index contributed by atoms with van der Waals surface area (Å²) >= 11 is 34.5. The third-order valence-electron chi connectivity index (χ3n) is 13.3. The number of amidine groups is 1. The van der Waals surface area contributed by atoms with E-state index < -0.39 is 5.60 Å². The molecular formula is C68H89Br4Li3N4O2S6. The standard InChI is InChI=1S/C13H18OS.C13H16S.C8H9BrN2S.C7H6Br2.C7H7BrS.C7H7S.C6H10O.C4H9.C2H4.CH4N2S.3Li/c14-13(8-4-1-5-9-13)12-7-3-2-6-11(12)10-15;1-4-8-13(9-5-1)12-7-3-2-6-11(12)10-14-13;9-7-4-2-1-3-6(7)5-12-8(10)11;8-5-6-3-1-2-4-7(6)9;8-7-4-2-1-3-6(7)5-9;8-6-7-4-2-1-3-5-7;7-6-4-2-1-3-5-6;1-3-4-2;1-2;2-1(3)4;;;/h2-3,6-7,14-15H,1,4-5,8-10H2;2-3,6-7H,1,4-5,8-10H2;1-4H,5H2,(H3,10,11);1-4H,5H2;1-4,9H,5H2;1-4,8H,6H2;1-5H2;1,3-4H2,2H3;1-2H2;(H4,2,3,4);;;/q;;;;;-1;;-1;;;3*+1/p-1. The van der Waals surface area contributed by atoms with Gasteiger partial charge in [0.2, 0.25) is 0 Å². The minimum atomic E-state index is -0.586. The van der Waals surface area contributed by atoms with Crippen LogP contribution >= 0.6 is 125 Å². The molecule has 6 aromatic rings. The minimum Gasteiger partial charge on any atom is -0.790 e. The number of rotatable bonds is 8. The molecule has 3 aliphatic carbocycles. The van der Waals surface area contributed by atoms with Crippen LogP contribution in [0.15, 0.2) is 172 Å². The monoisotopic (exact) mass is 1520 g/mol. The number of fused-ring (bicyclic) bond motifs is 2. The molecule has 460 valence electrons. The molecule has 1 aliphatic heterocycles. The van der Waals surface area contributed by atoms with Crippen molar-refractivity contribution < 1.29 is 66.5 Å². The first-order chi connectivity index (χ1) is 40.5. The Kier molecular flexibility index (Phi) is 59.1. The third kappa shape index (κ3) is 39.6. The second kappa shape index (κ2) is 56.8. The van der Waals surface area contributed by atoms with Crippen molar-refractivity contribution in [1.29, 1.82) is 5.41 Å². The van der Waals surface area contributed by atoms with Crippen LogP contribution in [0.1, 0.15) is 161 Å². The number of halogens is 4. The van der Waals surface area contributed by atoms with Gasteiger partial charge < -0.3 is 41.9 Å². The molecule has 87 heavy (non-hydrogen) atoms. The maximum Gasteiger partial charge on any atom is 1.00 e. The van der Waals surface area contributed by atoms with Gasteiger partial charge in [0.05, 0.1) is 5.60 Å². The normalized spacial score (nSPS) is 13.9. The molecule has 1 heterocycles. The van der Waals surface area contributed by atoms with Crippen LogP contribution in [0.5, 0.6) is 0 Å². The number of benzene rings is 6. The molecule has 10 rings (SSSR count). The van der Waals surface area contributed by atoms with Crippen LogP contribution in [0.3, 0.4) is 0 Å². The first-order valence-corrected chi connectivity index (χ1v) is 36.1. The SMILES string of the molecule is BrCc1ccccc1Br.C=C.N=C(N)SCc1ccccc1Br.NC(N)=S.O=C1CCCCC1.OC1(c2ccccc2CS)CCCCC1.SCc1ccccc1Br.[CH2-]CCC.[Li+].[Li+].[Li+].[S-]Cc1[c-]cccc1.c1ccc2c(c1)CSC21CCCCC1. The van der Waals surface area contributed by atoms with Crippen LogP contribution < -0.4 is 73.8 Å². The number of hydrogen-bond acceptors (Lipinski definition) is 9. The summed E-state index contributed by atoms with van der Waals surface area (Å²) < 4.78 is 3.90. The van der Waals surface area contributed by atoms with E-state index in [1.807, 2.05) is 97.1 Å². The molecule has 8 N–H and O–H groups in total. The number of nitrogens with two attached hydrogens (primary N) is 3. The molecule has 4 aliphatic rings. The molecular weight excluding hydrogens is 1440 g/mol. The van der Waals surface area contributed by atoms with Crippen molar-refractivity contribution in [1.82, 2.24) is 0 Å². The van der Waals surface area contributed by atoms with E-state index in [2.05, 4.69) is 206 Å². The molecule has 1 spiro atoms. The van der Waals surface area contributed by atoms with Crippen LogP contribution in [0, 0.1) is 18.4 Å². The molecule has 3 saturated carbocycles. The van der Waals surface area contributed by atoms with Gasteiger partial charge in [-0.2, -0.15) is 73.3 Å². The molecule has 0 amide bonds. The van der Waals surface area contributed by atoms with Crippen molar-refractivity contribution >= 4 is 153 Å². The summed E-state index contributed by atoms with van der Waals surface area (Å²) in [5, 5.41) is 18.7. The first kappa shape index (κ1) is 90.5. The number of carbonyl (C=O) groups excluding carboxylic acids is 1. The van der Waals surface area contributed by atoms with E-state index in [4.69, 9.17) is 23.8 Å². The van der Waals surface area contributed by atoms with Crippen LogP contribution in [-0.4, -0.2) is 21.2 Å². The van der Waals surface area contributed by atoms with Crippen molar-refractivity contribution in [3.63, 3.8) is 0 Å². The zero-order valence-electron chi connectivity index (χ0n) is 51.9. The van der Waals surface area contributed by atoms with Crippen LogP contribution in [-0.2, 0) is 61.9 Å². The smallest absolute Gasteiger partial charge is 0.790 e. The summed E-state index contributed by atoms with van der Waals surface area (Å²) in [6.45, 7) is 11.7. The summed E-state index contributed by atoms with van der Waals surface area (Å²) in [5.41, 5.74) is 24.2. The van der Waals surface area contributed by atoms with Gasteiger partial charge in [-0.25, -0.2) is 0 Å². The average Bonchev–Trinajstić information content (AvgIpc) is 2.11. The first-order valence-electron chi connectivity index (χ1n) is 28.4. The van der Waals surface area contributed by atoms with Crippen molar-refractivity contribution in [2.75, 3.05) is 0 Å². The zero-order chi connectivity index (χ0) is 62.4. The number of thiocarbonyl (C=S) groups is 1. The topological polar surface area (TPSA) is 139 Å². The summed E-state index contributed by atoms with van der Waals surface area (Å²) in [6, 6.07) is 52.2. The van der Waals surface area contributed by atoms with Gasteiger partial charge in [0.25, 0.3) is 0 Å². The fourth-order valence-electron chi connectivity index (χ4n) is 8.91. The number of thiol groups is 2. The van der Waals surface area contributed by atoms with E-state index in [0.29, 0.717) is 22.0 Å². The van der Waals surface area contributed by atoms with E-state index in [1.54, 1.807) is 11.1 Å². The van der Waals surface area contributed by atoms with Gasteiger partial charge in [0, 0.05) is 59.3 Å². The molecule has 3 fully saturated rings. The number of aliphatic hydroxyl groups is 1. The van der Waals surface area contributed by atoms with E-state index in [-0.39, 0.29) is 66.9 Å². The molecule has 6 aromatic carbocycles. The average molecular weight is 1530 g/mol. The van der Waals surface area contributed by atoms with Crippen LogP contribution in [0.2, 0.25) is 0 Å². The Morgan fingerprint density at radius 3 is 1.47 bits per heavy atom. The Bertz CT molecular complexity index is 2670. The Hall–Kier alpha value is -0.688. The number of carbonyl (C=O) groups is 1. The van der Waals surface area contributed by atoms with Gasteiger partial charge in [0.15, 0.2) is 10.3 Å². The number of ketones is 1. The quantitative estimate of drug-likeness (QED) is 0.00914. The predicted molar refractivity (Wildman–Crippen MR) is 397 cm³/mol. The summed E-state index contributed by atoms with van der Waals surface area (Å²) in [5.74, 6) is 4.62. The third-order valence-corrected chi connectivity index (χ3v) is 19.6. The molecule has 0 aromatic heterocycles. The number of alkyl halides is 1. The molecule has 6 nitrogen and oxygen atoms in total. The van der Waals surface area contributed by atoms with Crippen LogP contribution in [0.4, 0.5) is 0 Å². The Balaban J connectivity index is -0.000000928. The molecule has 0 radical (unpaired) electrons. The Labute approximate surface area is 625 Å². The summed E-state index contributed by atoms with van der Waals surface area (Å²) in [7, 11) is 0. The molecule has 19 heteroatoms. The second-order valence-electron chi connectivity index (χ2n) is 19.5. The fraction of sp³-hybridized carbons (Fsp3) is 0.382. The Morgan fingerprint density at radius 2 is 1.09 bits per heavy atom. The van der Waals surface area contributed by atoms with Crippen LogP contribution in [0.25, 0.3) is 0 Å². The van der Waals surface area contributed by atoms with E-state index in [1.165, 1.54) is 90.0 Å². The number of Topliss-reactive ketones (excluding diaryl/α,β-unsaturated/α-hetero) is 1. The van der Waals surface area contributed by atoms with E-state index >= 15 is 0 Å². The molecule has 0 saturated heterocycles. The van der Waals surface area contributed by atoms with Gasteiger partial charge in [-0.3, -0.25) is 10.2 Å². The molecule has 0 unspecified atom stereocenters. The Morgan fingerprint density at radius 1 is 0.678 bits per heavy atom. The van der Waals surface area contributed by atoms with Crippen molar-refractivity contribution in [2.45, 2.75) is 161 Å².